The minimum Gasteiger partial charge on any atom is -0.298 e. The summed E-state index contributed by atoms with van der Waals surface area (Å²) >= 11 is 1.32. The molecule has 0 radical (unpaired) electrons. The highest BCUT2D eigenvalue weighted by molar-refractivity contribution is 7.90. The average molecular weight is 296 g/mol. The number of nitrogens with one attached hydrogen (secondary N) is 1. The first-order valence-electron chi connectivity index (χ1n) is 5.40. The molecule has 0 atom stereocenters. The maximum Gasteiger partial charge on any atom is 0.257 e. The summed E-state index contributed by atoms with van der Waals surface area (Å²) in [6.07, 6.45) is 1.11. The number of hydrogen-bond acceptors (Lipinski definition) is 5. The highest BCUT2D eigenvalue weighted by Gasteiger charge is 2.12. The zero-order chi connectivity index (χ0) is 14.0. The maximum absolute atomic E-state index is 12.0. The molecule has 2 aromatic rings. The molecule has 19 heavy (non-hydrogen) atoms. The van der Waals surface area contributed by atoms with Crippen LogP contribution >= 0.6 is 11.3 Å². The molecule has 0 spiro atoms. The van der Waals surface area contributed by atoms with Gasteiger partial charge in [-0.3, -0.25) is 10.1 Å². The number of rotatable bonds is 3. The van der Waals surface area contributed by atoms with Gasteiger partial charge < -0.3 is 0 Å². The lowest BCUT2D eigenvalue weighted by Crippen LogP contribution is -2.12. The fourth-order valence-corrected chi connectivity index (χ4v) is 2.80. The van der Waals surface area contributed by atoms with Crippen molar-refractivity contribution in [3.63, 3.8) is 0 Å². The number of aromatic nitrogens is 1. The Balaban J connectivity index is 2.25. The molecule has 0 aliphatic rings. The van der Waals surface area contributed by atoms with Crippen molar-refractivity contribution in [3.05, 3.63) is 40.9 Å². The van der Waals surface area contributed by atoms with Crippen LogP contribution in [0.5, 0.6) is 0 Å². The van der Waals surface area contributed by atoms with Crippen molar-refractivity contribution in [3.8, 4) is 0 Å². The van der Waals surface area contributed by atoms with Crippen LogP contribution in [0.2, 0.25) is 0 Å². The van der Waals surface area contributed by atoms with E-state index in [2.05, 4.69) is 10.3 Å². The molecule has 0 bridgehead atoms. The van der Waals surface area contributed by atoms with Crippen LogP contribution in [0.15, 0.2) is 34.5 Å². The predicted octanol–water partition coefficient (Wildman–Crippen LogP) is 2.11. The molecule has 1 aromatic heterocycles. The van der Waals surface area contributed by atoms with Crippen molar-refractivity contribution >= 4 is 32.2 Å². The number of aryl methyl sites for hydroxylation is 1. The number of sulfone groups is 1. The molecule has 1 heterocycles. The molecular formula is C12H12N2O3S2. The summed E-state index contributed by atoms with van der Waals surface area (Å²) in [7, 11) is -3.32. The zero-order valence-electron chi connectivity index (χ0n) is 10.4. The van der Waals surface area contributed by atoms with E-state index < -0.39 is 9.84 Å². The highest BCUT2D eigenvalue weighted by atomic mass is 32.2. The number of carbonyl (C=O) groups is 1. The summed E-state index contributed by atoms with van der Waals surface area (Å²) in [6, 6.07) is 5.91. The van der Waals surface area contributed by atoms with Crippen LogP contribution in [0.25, 0.3) is 0 Å². The summed E-state index contributed by atoms with van der Waals surface area (Å²) in [5.74, 6) is -0.375. The topological polar surface area (TPSA) is 76.1 Å². The van der Waals surface area contributed by atoms with E-state index in [1.807, 2.05) is 12.3 Å². The maximum atomic E-state index is 12.0. The van der Waals surface area contributed by atoms with Gasteiger partial charge in [-0.05, 0) is 25.1 Å². The Bertz CT molecular complexity index is 720. The van der Waals surface area contributed by atoms with Gasteiger partial charge in [0.2, 0.25) is 0 Å². The van der Waals surface area contributed by atoms with Crippen molar-refractivity contribution in [2.24, 2.45) is 0 Å². The lowest BCUT2D eigenvalue weighted by molar-refractivity contribution is 0.102. The van der Waals surface area contributed by atoms with Crippen molar-refractivity contribution in [1.82, 2.24) is 4.98 Å². The number of hydrogen-bond donors (Lipinski definition) is 1. The second-order valence-electron chi connectivity index (χ2n) is 4.05. The standard InChI is InChI=1S/C12H12N2O3S2/c1-8-7-18-12(13-8)14-11(15)9-4-3-5-10(6-9)19(2,16)17/h3-7H,1-2H3,(H,13,14,15). The van der Waals surface area contributed by atoms with E-state index >= 15 is 0 Å². The number of anilines is 1. The molecular weight excluding hydrogens is 284 g/mol. The number of nitrogens with zero attached hydrogens (tertiary/aromatic N) is 1. The van der Waals surface area contributed by atoms with Crippen molar-refractivity contribution in [1.29, 1.82) is 0 Å². The number of thiazole rings is 1. The van der Waals surface area contributed by atoms with Gasteiger partial charge in [0.05, 0.1) is 10.6 Å². The second-order valence-corrected chi connectivity index (χ2v) is 6.92. The molecule has 2 rings (SSSR count). The summed E-state index contributed by atoms with van der Waals surface area (Å²) in [5, 5.41) is 4.95. The van der Waals surface area contributed by atoms with Crippen LogP contribution in [-0.4, -0.2) is 25.6 Å². The molecule has 0 fully saturated rings. The fourth-order valence-electron chi connectivity index (χ4n) is 1.45. The van der Waals surface area contributed by atoms with Crippen molar-refractivity contribution < 1.29 is 13.2 Å². The van der Waals surface area contributed by atoms with Gasteiger partial charge in [-0.1, -0.05) is 6.07 Å². The molecule has 100 valence electrons. The van der Waals surface area contributed by atoms with Crippen LogP contribution in [0, 0.1) is 6.92 Å². The van der Waals surface area contributed by atoms with E-state index in [1.54, 1.807) is 12.1 Å². The third-order valence-electron chi connectivity index (χ3n) is 2.36. The molecule has 7 heteroatoms. The van der Waals surface area contributed by atoms with E-state index in [0.29, 0.717) is 5.13 Å². The molecule has 0 saturated heterocycles. The van der Waals surface area contributed by atoms with E-state index in [4.69, 9.17) is 0 Å². The van der Waals surface area contributed by atoms with Gasteiger partial charge in [-0.25, -0.2) is 13.4 Å². The minimum absolute atomic E-state index is 0.121. The Kier molecular flexibility index (Phi) is 3.68. The SMILES string of the molecule is Cc1csc(NC(=O)c2cccc(S(C)(=O)=O)c2)n1. The molecule has 5 nitrogen and oxygen atoms in total. The van der Waals surface area contributed by atoms with Crippen LogP contribution in [0.1, 0.15) is 16.1 Å². The Morgan fingerprint density at radius 1 is 1.37 bits per heavy atom. The van der Waals surface area contributed by atoms with E-state index in [0.717, 1.165) is 11.9 Å². The number of amides is 1. The molecule has 1 aromatic carbocycles. The summed E-state index contributed by atoms with van der Waals surface area (Å²) in [6.45, 7) is 1.83. The summed E-state index contributed by atoms with van der Waals surface area (Å²) in [5.41, 5.74) is 1.11. The highest BCUT2D eigenvalue weighted by Crippen LogP contribution is 2.17. The Labute approximate surface area is 115 Å². The summed E-state index contributed by atoms with van der Waals surface area (Å²) < 4.78 is 22.9. The first kappa shape index (κ1) is 13.7. The normalized spacial score (nSPS) is 11.3. The zero-order valence-corrected chi connectivity index (χ0v) is 12.0. The van der Waals surface area contributed by atoms with Crippen LogP contribution in [-0.2, 0) is 9.84 Å². The van der Waals surface area contributed by atoms with Crippen LogP contribution in [0.3, 0.4) is 0 Å². The van der Waals surface area contributed by atoms with Gasteiger partial charge in [0.1, 0.15) is 0 Å². The van der Waals surface area contributed by atoms with E-state index in [9.17, 15) is 13.2 Å². The molecule has 1 amide bonds. The van der Waals surface area contributed by atoms with Crippen LogP contribution in [0.4, 0.5) is 5.13 Å². The predicted molar refractivity (Wildman–Crippen MR) is 74.4 cm³/mol. The smallest absolute Gasteiger partial charge is 0.257 e. The lowest BCUT2D eigenvalue weighted by atomic mass is 10.2. The Hall–Kier alpha value is -1.73. The molecule has 0 aliphatic heterocycles. The number of carbonyl (C=O) groups excluding carboxylic acids is 1. The van der Waals surface area contributed by atoms with Gasteiger partial charge >= 0.3 is 0 Å². The molecule has 0 aliphatic carbocycles. The van der Waals surface area contributed by atoms with E-state index in [-0.39, 0.29) is 16.4 Å². The molecule has 0 saturated carbocycles. The van der Waals surface area contributed by atoms with Gasteiger partial charge in [-0.15, -0.1) is 11.3 Å². The van der Waals surface area contributed by atoms with Crippen LogP contribution < -0.4 is 5.32 Å². The van der Waals surface area contributed by atoms with Crippen molar-refractivity contribution in [2.75, 3.05) is 11.6 Å². The number of benzene rings is 1. The monoisotopic (exact) mass is 296 g/mol. The quantitative estimate of drug-likeness (QED) is 0.941. The fraction of sp³-hybridized carbons (Fsp3) is 0.167. The first-order valence-corrected chi connectivity index (χ1v) is 8.17. The molecule has 0 unspecified atom stereocenters. The van der Waals surface area contributed by atoms with Gasteiger partial charge in [0, 0.05) is 17.2 Å². The minimum atomic E-state index is -3.32. The van der Waals surface area contributed by atoms with Crippen molar-refractivity contribution in [2.45, 2.75) is 11.8 Å². The van der Waals surface area contributed by atoms with Gasteiger partial charge in [-0.2, -0.15) is 0 Å². The average Bonchev–Trinajstić information content (AvgIpc) is 2.74. The lowest BCUT2D eigenvalue weighted by Gasteiger charge is -2.03. The Morgan fingerprint density at radius 2 is 2.11 bits per heavy atom. The Morgan fingerprint density at radius 3 is 2.68 bits per heavy atom. The largest absolute Gasteiger partial charge is 0.298 e. The molecule has 1 N–H and O–H groups in total. The van der Waals surface area contributed by atoms with E-state index in [1.165, 1.54) is 23.5 Å². The van der Waals surface area contributed by atoms with Gasteiger partial charge in [0.15, 0.2) is 15.0 Å². The third-order valence-corrected chi connectivity index (χ3v) is 4.35. The first-order chi connectivity index (χ1) is 8.86. The third kappa shape index (κ3) is 3.39. The summed E-state index contributed by atoms with van der Waals surface area (Å²) in [4.78, 5) is 16.2. The second kappa shape index (κ2) is 5.10. The van der Waals surface area contributed by atoms with Gasteiger partial charge in [0.25, 0.3) is 5.91 Å².